The fourth-order valence-electron chi connectivity index (χ4n) is 3.87. The quantitative estimate of drug-likeness (QED) is 0.729. The number of hydrogen-bond donors (Lipinski definition) is 0. The van der Waals surface area contributed by atoms with Crippen molar-refractivity contribution in [1.82, 2.24) is 4.31 Å². The van der Waals surface area contributed by atoms with Crippen LogP contribution in [-0.4, -0.2) is 51.3 Å². The summed E-state index contributed by atoms with van der Waals surface area (Å²) >= 11 is 0. The summed E-state index contributed by atoms with van der Waals surface area (Å²) in [4.78, 5) is 26.2. The highest BCUT2D eigenvalue weighted by Gasteiger charge is 2.43. The van der Waals surface area contributed by atoms with Gasteiger partial charge in [-0.2, -0.15) is 4.31 Å². The van der Waals surface area contributed by atoms with Gasteiger partial charge in [0.1, 0.15) is 0 Å². The smallest absolute Gasteiger partial charge is 0.310 e. The van der Waals surface area contributed by atoms with Crippen molar-refractivity contribution in [2.75, 3.05) is 31.6 Å². The minimum atomic E-state index is -3.75. The third kappa shape index (κ3) is 3.25. The third-order valence-electron chi connectivity index (χ3n) is 5.48. The molecule has 0 aliphatic carbocycles. The van der Waals surface area contributed by atoms with Crippen LogP contribution in [0, 0.1) is 5.92 Å². The van der Waals surface area contributed by atoms with Crippen LogP contribution in [0.1, 0.15) is 39.2 Å². The highest BCUT2D eigenvalue weighted by atomic mass is 32.2. The third-order valence-corrected chi connectivity index (χ3v) is 7.34. The Kier molecular flexibility index (Phi) is 5.07. The lowest BCUT2D eigenvalue weighted by molar-refractivity contribution is -0.149. The zero-order valence-corrected chi connectivity index (χ0v) is 17.0. The number of carbonyl (C=O) groups is 2. The van der Waals surface area contributed by atoms with Crippen LogP contribution in [0.3, 0.4) is 0 Å². The van der Waals surface area contributed by atoms with Crippen LogP contribution in [0.25, 0.3) is 0 Å². The van der Waals surface area contributed by atoms with Crippen molar-refractivity contribution in [3.05, 3.63) is 23.8 Å². The topological polar surface area (TPSA) is 84.0 Å². The van der Waals surface area contributed by atoms with Crippen LogP contribution in [0.4, 0.5) is 5.69 Å². The second-order valence-electron chi connectivity index (χ2n) is 7.62. The molecule has 0 saturated carbocycles. The number of ether oxygens (including phenoxy) is 1. The van der Waals surface area contributed by atoms with Gasteiger partial charge >= 0.3 is 5.97 Å². The number of amides is 1. The molecule has 1 amide bonds. The van der Waals surface area contributed by atoms with Crippen molar-refractivity contribution in [2.45, 2.75) is 43.9 Å². The molecule has 148 valence electrons. The van der Waals surface area contributed by atoms with Gasteiger partial charge in [-0.3, -0.25) is 9.59 Å². The van der Waals surface area contributed by atoms with Gasteiger partial charge in [0.05, 0.1) is 22.8 Å². The summed E-state index contributed by atoms with van der Waals surface area (Å²) in [6, 6.07) is 4.81. The molecule has 1 aromatic carbocycles. The molecule has 0 N–H and O–H groups in total. The van der Waals surface area contributed by atoms with E-state index >= 15 is 0 Å². The number of esters is 1. The second kappa shape index (κ2) is 6.91. The number of carbonyl (C=O) groups excluding carboxylic acids is 2. The lowest BCUT2D eigenvalue weighted by Gasteiger charge is -2.31. The van der Waals surface area contributed by atoms with Gasteiger partial charge in [0.15, 0.2) is 0 Å². The van der Waals surface area contributed by atoms with Gasteiger partial charge in [0, 0.05) is 25.8 Å². The van der Waals surface area contributed by atoms with E-state index in [2.05, 4.69) is 0 Å². The maximum Gasteiger partial charge on any atom is 0.310 e. The number of anilines is 1. The molecule has 1 fully saturated rings. The zero-order chi connectivity index (χ0) is 20.0. The first kappa shape index (κ1) is 19.8. The predicted octanol–water partition coefficient (Wildman–Crippen LogP) is 1.90. The number of sulfonamides is 1. The number of likely N-dealkylation sites (N-methyl/N-ethyl adjacent to an activating group) is 1. The molecule has 2 heterocycles. The normalized spacial score (nSPS) is 22.6. The first-order valence-electron chi connectivity index (χ1n) is 9.20. The van der Waals surface area contributed by atoms with E-state index in [1.54, 1.807) is 44.9 Å². The first-order valence-corrected chi connectivity index (χ1v) is 10.6. The monoisotopic (exact) mass is 394 g/mol. The van der Waals surface area contributed by atoms with E-state index in [0.29, 0.717) is 24.9 Å². The van der Waals surface area contributed by atoms with E-state index < -0.39 is 21.4 Å². The van der Waals surface area contributed by atoms with Gasteiger partial charge in [0.25, 0.3) is 0 Å². The van der Waals surface area contributed by atoms with Crippen LogP contribution in [-0.2, 0) is 29.8 Å². The molecule has 2 aliphatic rings. The summed E-state index contributed by atoms with van der Waals surface area (Å²) in [5, 5.41) is 0. The van der Waals surface area contributed by atoms with Crippen molar-refractivity contribution in [3.8, 4) is 0 Å². The van der Waals surface area contributed by atoms with E-state index in [1.165, 1.54) is 10.4 Å². The number of fused-ring (bicyclic) bond motifs is 1. The molecule has 0 radical (unpaired) electrons. The predicted molar refractivity (Wildman–Crippen MR) is 101 cm³/mol. The molecule has 1 atom stereocenters. The number of rotatable bonds is 4. The van der Waals surface area contributed by atoms with E-state index in [-0.39, 0.29) is 29.9 Å². The Morgan fingerprint density at radius 2 is 2.04 bits per heavy atom. The maximum absolute atomic E-state index is 13.2. The molecule has 2 aliphatic heterocycles. The van der Waals surface area contributed by atoms with Crippen LogP contribution < -0.4 is 4.90 Å². The Labute approximate surface area is 160 Å². The van der Waals surface area contributed by atoms with Crippen molar-refractivity contribution in [2.24, 2.45) is 5.92 Å². The number of nitrogens with zero attached hydrogens (tertiary/aromatic N) is 2. The summed E-state index contributed by atoms with van der Waals surface area (Å²) in [7, 11) is -2.06. The Morgan fingerprint density at radius 3 is 2.70 bits per heavy atom. The first-order chi connectivity index (χ1) is 12.6. The molecular weight excluding hydrogens is 368 g/mol. The average Bonchev–Trinajstić information content (AvgIpc) is 2.82. The summed E-state index contributed by atoms with van der Waals surface area (Å²) in [5.74, 6) is -0.848. The summed E-state index contributed by atoms with van der Waals surface area (Å²) < 4.78 is 32.7. The summed E-state index contributed by atoms with van der Waals surface area (Å²) in [6.45, 7) is 6.11. The summed E-state index contributed by atoms with van der Waals surface area (Å²) in [6.07, 6.45) is 1.24. The fraction of sp³-hybridized carbons (Fsp3) is 0.579. The molecule has 8 heteroatoms. The van der Waals surface area contributed by atoms with Crippen LogP contribution in [0.15, 0.2) is 23.1 Å². The number of benzene rings is 1. The van der Waals surface area contributed by atoms with Gasteiger partial charge in [-0.05, 0) is 57.4 Å². The Morgan fingerprint density at radius 1 is 1.33 bits per heavy atom. The largest absolute Gasteiger partial charge is 0.466 e. The molecule has 0 aromatic heterocycles. The Hall–Kier alpha value is -1.93. The van der Waals surface area contributed by atoms with Crippen molar-refractivity contribution in [1.29, 1.82) is 0 Å². The van der Waals surface area contributed by atoms with Crippen LogP contribution in [0.5, 0.6) is 0 Å². The molecule has 7 nitrogen and oxygen atoms in total. The van der Waals surface area contributed by atoms with Crippen molar-refractivity contribution >= 4 is 27.6 Å². The average molecular weight is 394 g/mol. The lowest BCUT2D eigenvalue weighted by Crippen LogP contribution is -2.42. The SMILES string of the molecule is CCOC(=O)[C@@H]1CCCN(S(=O)(=O)c2ccc3c(c2)C(C)(C)C(=O)N3C)C1. The highest BCUT2D eigenvalue weighted by Crippen LogP contribution is 2.42. The Balaban J connectivity index is 1.91. The standard InChI is InChI=1S/C19H26N2O5S/c1-5-26-17(22)13-7-6-10-21(12-13)27(24,25)14-8-9-16-15(11-14)19(2,3)18(23)20(16)4/h8-9,11,13H,5-7,10,12H2,1-4H3/t13-/m1/s1. The summed E-state index contributed by atoms with van der Waals surface area (Å²) in [5.41, 5.74) is 0.660. The van der Waals surface area contributed by atoms with E-state index in [9.17, 15) is 18.0 Å². The minimum Gasteiger partial charge on any atom is -0.466 e. The molecule has 0 bridgehead atoms. The number of piperidine rings is 1. The molecule has 0 spiro atoms. The molecule has 1 saturated heterocycles. The van der Waals surface area contributed by atoms with Gasteiger partial charge in [-0.1, -0.05) is 0 Å². The van der Waals surface area contributed by atoms with Crippen LogP contribution in [0.2, 0.25) is 0 Å². The van der Waals surface area contributed by atoms with Gasteiger partial charge in [0.2, 0.25) is 15.9 Å². The zero-order valence-electron chi connectivity index (χ0n) is 16.2. The van der Waals surface area contributed by atoms with Gasteiger partial charge in [-0.15, -0.1) is 0 Å². The van der Waals surface area contributed by atoms with Gasteiger partial charge < -0.3 is 9.64 Å². The highest BCUT2D eigenvalue weighted by molar-refractivity contribution is 7.89. The molecular formula is C19H26N2O5S. The Bertz CT molecular complexity index is 878. The van der Waals surface area contributed by atoms with Gasteiger partial charge in [-0.25, -0.2) is 8.42 Å². The van der Waals surface area contributed by atoms with Crippen molar-refractivity contribution < 1.29 is 22.7 Å². The molecule has 1 aromatic rings. The molecule has 27 heavy (non-hydrogen) atoms. The molecule has 3 rings (SSSR count). The van der Waals surface area contributed by atoms with Crippen LogP contribution >= 0.6 is 0 Å². The molecule has 0 unspecified atom stereocenters. The maximum atomic E-state index is 13.2. The van der Waals surface area contributed by atoms with E-state index in [1.807, 2.05) is 0 Å². The lowest BCUT2D eigenvalue weighted by atomic mass is 9.86. The van der Waals surface area contributed by atoms with E-state index in [4.69, 9.17) is 4.74 Å². The van der Waals surface area contributed by atoms with E-state index in [0.717, 1.165) is 5.69 Å². The number of hydrogen-bond acceptors (Lipinski definition) is 5. The fourth-order valence-corrected chi connectivity index (χ4v) is 5.43. The minimum absolute atomic E-state index is 0.0626. The second-order valence-corrected chi connectivity index (χ2v) is 9.56. The van der Waals surface area contributed by atoms with Crippen molar-refractivity contribution in [3.63, 3.8) is 0 Å².